The number of methoxy groups -OCH3 is 1. The molecule has 1 saturated carbocycles. The van der Waals surface area contributed by atoms with Gasteiger partial charge in [-0.3, -0.25) is 4.79 Å². The summed E-state index contributed by atoms with van der Waals surface area (Å²) in [6.07, 6.45) is 1.14. The molecule has 0 aromatic heterocycles. The van der Waals surface area contributed by atoms with E-state index < -0.39 is 12.0 Å². The molecule has 28 heavy (non-hydrogen) atoms. The van der Waals surface area contributed by atoms with Crippen LogP contribution in [0.2, 0.25) is 0 Å². The normalized spacial score (nSPS) is 15.8. The van der Waals surface area contributed by atoms with E-state index in [4.69, 9.17) is 4.74 Å². The fraction of sp³-hybridized carbons (Fsp3) is 0.292. The molecule has 1 amide bonds. The van der Waals surface area contributed by atoms with Crippen molar-refractivity contribution in [1.82, 2.24) is 0 Å². The number of ether oxygens (including phenoxy) is 1. The molecule has 1 aliphatic carbocycles. The molecule has 0 spiro atoms. The van der Waals surface area contributed by atoms with Crippen LogP contribution >= 0.6 is 0 Å². The van der Waals surface area contributed by atoms with E-state index in [9.17, 15) is 9.90 Å². The Morgan fingerprint density at radius 1 is 1.04 bits per heavy atom. The number of aliphatic hydroxyl groups is 1. The highest BCUT2D eigenvalue weighted by Crippen LogP contribution is 2.44. The Balaban J connectivity index is 1.62. The molecule has 0 bridgehead atoms. The minimum absolute atomic E-state index is 0.0589. The van der Waals surface area contributed by atoms with Crippen molar-refractivity contribution in [3.05, 3.63) is 72.3 Å². The number of fused-ring (bicyclic) bond motifs is 1. The first kappa shape index (κ1) is 18.5. The molecule has 0 unspecified atom stereocenters. The molecule has 4 heteroatoms. The highest BCUT2D eigenvalue weighted by atomic mass is 16.5. The second-order valence-electron chi connectivity index (χ2n) is 7.51. The Labute approximate surface area is 165 Å². The van der Waals surface area contributed by atoms with Gasteiger partial charge in [-0.2, -0.15) is 0 Å². The van der Waals surface area contributed by atoms with Crippen LogP contribution < -0.4 is 9.64 Å². The van der Waals surface area contributed by atoms with Crippen LogP contribution in [0.15, 0.2) is 66.7 Å². The summed E-state index contributed by atoms with van der Waals surface area (Å²) < 4.78 is 5.28. The van der Waals surface area contributed by atoms with Crippen molar-refractivity contribution in [3.8, 4) is 5.75 Å². The van der Waals surface area contributed by atoms with Crippen LogP contribution in [0.5, 0.6) is 5.75 Å². The van der Waals surface area contributed by atoms with E-state index >= 15 is 0 Å². The molecule has 1 N–H and O–H groups in total. The van der Waals surface area contributed by atoms with E-state index in [0.29, 0.717) is 5.75 Å². The molecular weight excluding hydrogens is 350 g/mol. The molecule has 4 nitrogen and oxygen atoms in total. The van der Waals surface area contributed by atoms with E-state index in [-0.39, 0.29) is 11.8 Å². The van der Waals surface area contributed by atoms with Gasteiger partial charge in [-0.05, 0) is 53.3 Å². The monoisotopic (exact) mass is 375 g/mol. The number of aliphatic hydroxyl groups excluding tert-OH is 1. The largest absolute Gasteiger partial charge is 0.497 e. The lowest BCUT2D eigenvalue weighted by Gasteiger charge is -2.28. The Hall–Kier alpha value is -2.85. The van der Waals surface area contributed by atoms with Gasteiger partial charge in [-0.25, -0.2) is 0 Å². The summed E-state index contributed by atoms with van der Waals surface area (Å²) >= 11 is 0. The third-order valence-electron chi connectivity index (χ3n) is 5.64. The third kappa shape index (κ3) is 3.60. The lowest BCUT2D eigenvalue weighted by atomic mass is 9.89. The zero-order valence-electron chi connectivity index (χ0n) is 16.2. The number of hydrogen-bond donors (Lipinski definition) is 1. The Bertz CT molecular complexity index is 996. The van der Waals surface area contributed by atoms with E-state index in [0.717, 1.165) is 34.9 Å². The van der Waals surface area contributed by atoms with Crippen molar-refractivity contribution in [1.29, 1.82) is 0 Å². The molecule has 3 aromatic carbocycles. The molecule has 144 valence electrons. The fourth-order valence-corrected chi connectivity index (χ4v) is 3.82. The van der Waals surface area contributed by atoms with Crippen LogP contribution in [-0.2, 0) is 4.79 Å². The van der Waals surface area contributed by atoms with E-state index in [1.165, 1.54) is 0 Å². The number of rotatable bonds is 6. The van der Waals surface area contributed by atoms with Gasteiger partial charge < -0.3 is 14.7 Å². The topological polar surface area (TPSA) is 49.8 Å². The van der Waals surface area contributed by atoms with Gasteiger partial charge in [0, 0.05) is 18.8 Å². The summed E-state index contributed by atoms with van der Waals surface area (Å²) in [5.74, 6) is 0.422. The zero-order valence-corrected chi connectivity index (χ0v) is 16.2. The number of amides is 1. The van der Waals surface area contributed by atoms with Crippen LogP contribution in [0.1, 0.15) is 24.5 Å². The molecule has 4 rings (SSSR count). The molecule has 1 fully saturated rings. The lowest BCUT2D eigenvalue weighted by Crippen LogP contribution is -2.37. The quantitative estimate of drug-likeness (QED) is 0.686. The average Bonchev–Trinajstić information content (AvgIpc) is 3.57. The Morgan fingerprint density at radius 2 is 1.79 bits per heavy atom. The van der Waals surface area contributed by atoms with E-state index in [1.54, 1.807) is 19.1 Å². The zero-order chi connectivity index (χ0) is 19.7. The minimum atomic E-state index is -0.822. The van der Waals surface area contributed by atoms with Crippen LogP contribution in [-0.4, -0.2) is 25.2 Å². The van der Waals surface area contributed by atoms with E-state index in [1.807, 2.05) is 66.7 Å². The van der Waals surface area contributed by atoms with Crippen molar-refractivity contribution in [2.45, 2.75) is 18.9 Å². The summed E-state index contributed by atoms with van der Waals surface area (Å²) in [5.41, 5.74) is 1.56. The predicted octanol–water partition coefficient (Wildman–Crippen LogP) is 4.57. The molecular formula is C24H25NO3. The molecule has 0 saturated heterocycles. The standard InChI is InChI=1S/C24H25NO3/c1-25(20-8-5-9-21(15-20)28-2)24(27)22(17-11-12-17)23(26)19-13-10-16-6-3-4-7-18(16)14-19/h3-10,13-15,17,22-23,26H,11-12H2,1-2H3/t22-,23-/m1/s1. The van der Waals surface area contributed by atoms with Gasteiger partial charge >= 0.3 is 0 Å². The second kappa shape index (κ2) is 7.64. The number of nitrogens with zero attached hydrogens (tertiary/aromatic N) is 1. The number of hydrogen-bond acceptors (Lipinski definition) is 3. The molecule has 1 aliphatic rings. The maximum absolute atomic E-state index is 13.3. The Morgan fingerprint density at radius 3 is 2.50 bits per heavy atom. The van der Waals surface area contributed by atoms with Crippen molar-refractivity contribution in [2.24, 2.45) is 11.8 Å². The second-order valence-corrected chi connectivity index (χ2v) is 7.51. The summed E-state index contributed by atoms with van der Waals surface area (Å²) in [5, 5.41) is 13.3. The molecule has 0 radical (unpaired) electrons. The molecule has 0 heterocycles. The van der Waals surface area contributed by atoms with Gasteiger partial charge in [-0.1, -0.05) is 42.5 Å². The van der Waals surface area contributed by atoms with Crippen molar-refractivity contribution < 1.29 is 14.6 Å². The maximum atomic E-state index is 13.3. The van der Waals surface area contributed by atoms with E-state index in [2.05, 4.69) is 0 Å². The average molecular weight is 375 g/mol. The van der Waals surface area contributed by atoms with Gasteiger partial charge in [0.05, 0.1) is 19.1 Å². The van der Waals surface area contributed by atoms with Crippen molar-refractivity contribution in [3.63, 3.8) is 0 Å². The predicted molar refractivity (Wildman–Crippen MR) is 112 cm³/mol. The summed E-state index contributed by atoms with van der Waals surface area (Å²) in [6, 6.07) is 21.4. The first-order valence-electron chi connectivity index (χ1n) is 9.67. The van der Waals surface area contributed by atoms with Crippen LogP contribution in [0.25, 0.3) is 10.8 Å². The highest BCUT2D eigenvalue weighted by Gasteiger charge is 2.42. The summed E-state index contributed by atoms with van der Waals surface area (Å²) in [7, 11) is 3.37. The highest BCUT2D eigenvalue weighted by molar-refractivity contribution is 5.95. The number of carbonyl (C=O) groups is 1. The molecule has 2 atom stereocenters. The lowest BCUT2D eigenvalue weighted by molar-refractivity contribution is -0.126. The number of carbonyl (C=O) groups excluding carboxylic acids is 1. The summed E-state index contributed by atoms with van der Waals surface area (Å²) in [6.45, 7) is 0. The first-order chi connectivity index (χ1) is 13.6. The van der Waals surface area contributed by atoms with Gasteiger partial charge in [0.25, 0.3) is 0 Å². The van der Waals surface area contributed by atoms with Gasteiger partial charge in [-0.15, -0.1) is 0 Å². The first-order valence-corrected chi connectivity index (χ1v) is 9.67. The smallest absolute Gasteiger partial charge is 0.233 e. The summed E-state index contributed by atoms with van der Waals surface area (Å²) in [4.78, 5) is 15.0. The van der Waals surface area contributed by atoms with Gasteiger partial charge in [0.2, 0.25) is 5.91 Å². The maximum Gasteiger partial charge on any atom is 0.233 e. The molecule has 3 aromatic rings. The van der Waals surface area contributed by atoms with Crippen molar-refractivity contribution in [2.75, 3.05) is 19.1 Å². The Kier molecular flexibility index (Phi) is 5.05. The SMILES string of the molecule is COc1cccc(N(C)C(=O)[C@H](C2CC2)[C@H](O)c2ccc3ccccc3c2)c1. The molecule has 0 aliphatic heterocycles. The third-order valence-corrected chi connectivity index (χ3v) is 5.64. The van der Waals surface area contributed by atoms with Crippen molar-refractivity contribution >= 4 is 22.4 Å². The van der Waals surface area contributed by atoms with Crippen LogP contribution in [0, 0.1) is 11.8 Å². The van der Waals surface area contributed by atoms with Crippen LogP contribution in [0.4, 0.5) is 5.69 Å². The fourth-order valence-electron chi connectivity index (χ4n) is 3.82. The van der Waals surface area contributed by atoms with Gasteiger partial charge in [0.15, 0.2) is 0 Å². The number of benzene rings is 3. The number of anilines is 1. The van der Waals surface area contributed by atoms with Crippen LogP contribution in [0.3, 0.4) is 0 Å². The van der Waals surface area contributed by atoms with Gasteiger partial charge in [0.1, 0.15) is 5.75 Å². The minimum Gasteiger partial charge on any atom is -0.497 e.